The number of carbonyl (C=O) groups is 1. The van der Waals surface area contributed by atoms with Gasteiger partial charge in [0.05, 0.1) is 18.5 Å². The Morgan fingerprint density at radius 1 is 0.714 bits per heavy atom. The van der Waals surface area contributed by atoms with E-state index < -0.39 is 7.26 Å². The molecule has 0 N–H and O–H groups in total. The first-order chi connectivity index (χ1) is 17.1. The highest BCUT2D eigenvalue weighted by Crippen LogP contribution is 2.66. The van der Waals surface area contributed by atoms with Gasteiger partial charge in [0.2, 0.25) is 0 Å². The van der Waals surface area contributed by atoms with Crippen LogP contribution in [-0.4, -0.2) is 13.1 Å². The first-order valence-electron chi connectivity index (χ1n) is 13.0. The van der Waals surface area contributed by atoms with Crippen molar-refractivity contribution >= 4 is 29.1 Å². The lowest BCUT2D eigenvalue weighted by Gasteiger charge is -2.57. The van der Waals surface area contributed by atoms with Gasteiger partial charge in [0.1, 0.15) is 23.2 Å². The summed E-state index contributed by atoms with van der Waals surface area (Å²) in [6, 6.07) is 32.5. The molecule has 4 bridgehead atoms. The number of carbonyl (C=O) groups excluding carboxylic acids is 1. The van der Waals surface area contributed by atoms with Crippen LogP contribution in [0, 0.1) is 23.2 Å². The van der Waals surface area contributed by atoms with E-state index in [1.165, 1.54) is 35.2 Å². The molecule has 3 aromatic rings. The van der Waals surface area contributed by atoms with Crippen LogP contribution in [0.25, 0.3) is 0 Å². The normalized spacial score (nSPS) is 27.6. The Morgan fingerprint density at radius 2 is 1.09 bits per heavy atom. The second-order valence-electron chi connectivity index (χ2n) is 11.0. The predicted molar refractivity (Wildman–Crippen MR) is 146 cm³/mol. The van der Waals surface area contributed by atoms with E-state index in [0.717, 1.165) is 42.6 Å². The molecule has 0 aliphatic heterocycles. The molecule has 3 heteroatoms. The van der Waals surface area contributed by atoms with Gasteiger partial charge in [-0.15, -0.1) is 0 Å². The van der Waals surface area contributed by atoms with Crippen molar-refractivity contribution in [2.75, 3.05) is 7.11 Å². The Kier molecular flexibility index (Phi) is 5.89. The van der Waals surface area contributed by atoms with Crippen molar-refractivity contribution in [1.82, 2.24) is 0 Å². The van der Waals surface area contributed by atoms with Crippen molar-refractivity contribution in [3.8, 4) is 0 Å². The van der Waals surface area contributed by atoms with Crippen LogP contribution in [0.1, 0.15) is 38.5 Å². The Balaban J connectivity index is 1.64. The minimum atomic E-state index is -2.26. The van der Waals surface area contributed by atoms with Gasteiger partial charge in [0.15, 0.2) is 0 Å². The number of methoxy groups -OCH3 is 1. The fourth-order valence-electron chi connectivity index (χ4n) is 7.81. The molecule has 178 valence electrons. The Hall–Kier alpha value is -2.70. The predicted octanol–water partition coefficient (Wildman–Crippen LogP) is 6.25. The van der Waals surface area contributed by atoms with E-state index in [9.17, 15) is 4.79 Å². The third-order valence-electron chi connectivity index (χ3n) is 8.83. The fraction of sp³-hybridized carbons (Fsp3) is 0.344. The van der Waals surface area contributed by atoms with E-state index in [-0.39, 0.29) is 11.4 Å². The largest absolute Gasteiger partial charge is 0.466 e. The molecule has 0 heterocycles. The van der Waals surface area contributed by atoms with Crippen molar-refractivity contribution in [3.05, 3.63) is 102 Å². The van der Waals surface area contributed by atoms with Crippen molar-refractivity contribution < 1.29 is 9.53 Å². The lowest BCUT2D eigenvalue weighted by Crippen LogP contribution is -2.48. The fourth-order valence-corrected chi connectivity index (χ4v) is 11.8. The van der Waals surface area contributed by atoms with E-state index in [2.05, 4.69) is 96.8 Å². The van der Waals surface area contributed by atoms with Crippen LogP contribution in [0.5, 0.6) is 0 Å². The summed E-state index contributed by atoms with van der Waals surface area (Å²) in [6.45, 7) is 0. The molecule has 2 nitrogen and oxygen atoms in total. The van der Waals surface area contributed by atoms with Crippen molar-refractivity contribution in [2.24, 2.45) is 23.2 Å². The lowest BCUT2D eigenvalue weighted by molar-refractivity contribution is -0.140. The van der Waals surface area contributed by atoms with Gasteiger partial charge < -0.3 is 4.74 Å². The van der Waals surface area contributed by atoms with Crippen LogP contribution in [0.3, 0.4) is 0 Å². The second kappa shape index (κ2) is 9.07. The summed E-state index contributed by atoms with van der Waals surface area (Å²) >= 11 is 0. The number of rotatable bonds is 6. The van der Waals surface area contributed by atoms with Crippen LogP contribution in [0.4, 0.5) is 0 Å². The molecular weight excluding hydrogens is 447 g/mol. The molecule has 3 aromatic carbocycles. The molecule has 0 amide bonds. The van der Waals surface area contributed by atoms with E-state index in [1.54, 1.807) is 7.11 Å². The molecule has 0 unspecified atom stereocenters. The van der Waals surface area contributed by atoms with Crippen LogP contribution in [-0.2, 0) is 9.53 Å². The maximum atomic E-state index is 13.7. The van der Waals surface area contributed by atoms with Crippen LogP contribution >= 0.6 is 7.26 Å². The van der Waals surface area contributed by atoms with Gasteiger partial charge in [0.25, 0.3) is 0 Å². The number of ether oxygens (including phenoxy) is 1. The smallest absolute Gasteiger partial charge is 0.337 e. The molecule has 0 radical (unpaired) electrons. The Bertz CT molecular complexity index is 1080. The molecule has 0 atom stereocenters. The zero-order chi connectivity index (χ0) is 23.9. The monoisotopic (exact) mass is 481 g/mol. The maximum Gasteiger partial charge on any atom is 0.337 e. The molecule has 4 fully saturated rings. The molecule has 35 heavy (non-hydrogen) atoms. The van der Waals surface area contributed by atoms with E-state index >= 15 is 0 Å². The van der Waals surface area contributed by atoms with Crippen molar-refractivity contribution in [3.63, 3.8) is 0 Å². The number of hydrogen-bond donors (Lipinski definition) is 0. The second-order valence-corrected chi connectivity index (χ2v) is 14.2. The molecule has 7 rings (SSSR count). The number of hydrogen-bond acceptors (Lipinski definition) is 2. The molecule has 4 aliphatic carbocycles. The number of esters is 1. The summed E-state index contributed by atoms with van der Waals surface area (Å²) in [4.78, 5) is 13.7. The first kappa shape index (κ1) is 22.7. The van der Waals surface area contributed by atoms with Crippen LogP contribution < -0.4 is 15.9 Å². The summed E-state index contributed by atoms with van der Waals surface area (Å²) in [7, 11) is -0.702. The zero-order valence-electron chi connectivity index (χ0n) is 20.5. The molecule has 0 aromatic heterocycles. The third-order valence-corrected chi connectivity index (χ3v) is 12.8. The maximum absolute atomic E-state index is 13.7. The average molecular weight is 482 g/mol. The molecule has 0 saturated heterocycles. The van der Waals surface area contributed by atoms with Gasteiger partial charge in [-0.25, -0.2) is 4.79 Å². The molecule has 4 aliphatic rings. The SMILES string of the molecule is COC(=O)/C(=C\[P+](c1ccccc1)(c1ccccc1)c1ccccc1)C12CC3CC(CC(C3)C1)C2. The molecular formula is C32H34O2P+. The first-order valence-corrected chi connectivity index (χ1v) is 14.9. The Morgan fingerprint density at radius 3 is 1.43 bits per heavy atom. The minimum absolute atomic E-state index is 0.0502. The Labute approximate surface area is 209 Å². The average Bonchev–Trinajstić information content (AvgIpc) is 2.90. The van der Waals surface area contributed by atoms with Gasteiger partial charge in [-0.2, -0.15) is 0 Å². The van der Waals surface area contributed by atoms with Gasteiger partial charge in [-0.3, -0.25) is 0 Å². The zero-order valence-corrected chi connectivity index (χ0v) is 21.4. The van der Waals surface area contributed by atoms with Crippen LogP contribution in [0.2, 0.25) is 0 Å². The summed E-state index contributed by atoms with van der Waals surface area (Å²) in [6.07, 6.45) is 7.47. The van der Waals surface area contributed by atoms with E-state index in [1.807, 2.05) is 0 Å². The lowest BCUT2D eigenvalue weighted by atomic mass is 9.48. The summed E-state index contributed by atoms with van der Waals surface area (Å²) < 4.78 is 5.57. The summed E-state index contributed by atoms with van der Waals surface area (Å²) in [5.74, 6) is 4.57. The standard InChI is InChI=1S/C32H34O2P/c1-34-31(33)30(32-20-24-17-25(21-32)19-26(18-24)22-32)23-35(27-11-5-2-6-12-27,28-13-7-3-8-14-28)29-15-9-4-10-16-29/h2-16,23-26H,17-22H2,1H3/q+1/b30-23+. The highest BCUT2D eigenvalue weighted by molar-refractivity contribution is 7.98. The highest BCUT2D eigenvalue weighted by atomic mass is 31.2. The third kappa shape index (κ3) is 3.87. The van der Waals surface area contributed by atoms with Gasteiger partial charge in [0, 0.05) is 5.41 Å². The molecule has 0 spiro atoms. The van der Waals surface area contributed by atoms with E-state index in [4.69, 9.17) is 4.74 Å². The van der Waals surface area contributed by atoms with Gasteiger partial charge >= 0.3 is 5.97 Å². The van der Waals surface area contributed by atoms with Crippen molar-refractivity contribution in [2.45, 2.75) is 38.5 Å². The topological polar surface area (TPSA) is 26.3 Å². The highest BCUT2D eigenvalue weighted by Gasteiger charge is 2.56. The summed E-state index contributed by atoms with van der Waals surface area (Å²) in [5.41, 5.74) is 0.898. The molecule has 4 saturated carbocycles. The van der Waals surface area contributed by atoms with Gasteiger partial charge in [-0.05, 0) is 92.7 Å². The van der Waals surface area contributed by atoms with Crippen molar-refractivity contribution in [1.29, 1.82) is 0 Å². The summed E-state index contributed by atoms with van der Waals surface area (Å²) in [5, 5.41) is 3.84. The quantitative estimate of drug-likeness (QED) is 0.236. The minimum Gasteiger partial charge on any atom is -0.466 e. The van der Waals surface area contributed by atoms with Crippen LogP contribution in [0.15, 0.2) is 102 Å². The van der Waals surface area contributed by atoms with Gasteiger partial charge in [-0.1, -0.05) is 54.6 Å². The number of benzene rings is 3. The van der Waals surface area contributed by atoms with E-state index in [0.29, 0.717) is 0 Å².